The van der Waals surface area contributed by atoms with E-state index in [-0.39, 0.29) is 0 Å². The van der Waals surface area contributed by atoms with Gasteiger partial charge in [-0.25, -0.2) is 0 Å². The first-order valence-electron chi connectivity index (χ1n) is 3.42. The Morgan fingerprint density at radius 3 is 1.85 bits per heavy atom. The van der Waals surface area contributed by atoms with Gasteiger partial charge in [0, 0.05) is 0 Å². The SMILES string of the molecule is N#Cc1ccc(C#N)c2nsnc12. The van der Waals surface area contributed by atoms with Crippen LogP contribution in [0.25, 0.3) is 11.0 Å². The minimum absolute atomic E-state index is 0.461. The molecule has 0 aliphatic heterocycles. The van der Waals surface area contributed by atoms with Gasteiger partial charge in [-0.05, 0) is 12.1 Å². The molecule has 0 aliphatic rings. The van der Waals surface area contributed by atoms with E-state index < -0.39 is 0 Å². The minimum atomic E-state index is 0.461. The summed E-state index contributed by atoms with van der Waals surface area (Å²) in [6, 6.07) is 7.18. The smallest absolute Gasteiger partial charge is 0.123 e. The summed E-state index contributed by atoms with van der Waals surface area (Å²) in [6.07, 6.45) is 0. The molecule has 2 rings (SSSR count). The number of fused-ring (bicyclic) bond motifs is 1. The van der Waals surface area contributed by atoms with Gasteiger partial charge in [-0.15, -0.1) is 0 Å². The molecule has 0 saturated carbocycles. The van der Waals surface area contributed by atoms with Crippen molar-refractivity contribution in [3.8, 4) is 12.1 Å². The van der Waals surface area contributed by atoms with Gasteiger partial charge in [0.1, 0.15) is 23.2 Å². The molecule has 0 fully saturated rings. The first-order chi connectivity index (χ1) is 6.36. The highest BCUT2D eigenvalue weighted by Gasteiger charge is 2.08. The average Bonchev–Trinajstić information content (AvgIpc) is 2.64. The van der Waals surface area contributed by atoms with Gasteiger partial charge >= 0.3 is 0 Å². The maximum absolute atomic E-state index is 8.72. The van der Waals surface area contributed by atoms with Crippen molar-refractivity contribution in [1.82, 2.24) is 8.75 Å². The molecule has 0 amide bonds. The fraction of sp³-hybridized carbons (Fsp3) is 0. The lowest BCUT2D eigenvalue weighted by Gasteiger charge is -1.91. The van der Waals surface area contributed by atoms with E-state index >= 15 is 0 Å². The molecule has 0 N–H and O–H groups in total. The van der Waals surface area contributed by atoms with Crippen LogP contribution < -0.4 is 0 Å². The number of nitriles is 2. The van der Waals surface area contributed by atoms with Crippen LogP contribution in [0.15, 0.2) is 12.1 Å². The lowest BCUT2D eigenvalue weighted by atomic mass is 10.1. The molecule has 1 aromatic heterocycles. The van der Waals surface area contributed by atoms with E-state index in [1.165, 1.54) is 0 Å². The van der Waals surface area contributed by atoms with Crippen LogP contribution in [0.5, 0.6) is 0 Å². The molecule has 5 heteroatoms. The second-order valence-electron chi connectivity index (χ2n) is 2.35. The first-order valence-corrected chi connectivity index (χ1v) is 4.15. The van der Waals surface area contributed by atoms with E-state index in [9.17, 15) is 0 Å². The standard InChI is InChI=1S/C8H2N4S/c9-3-5-1-2-6(4-10)8-7(5)11-13-12-8/h1-2H. The highest BCUT2D eigenvalue weighted by Crippen LogP contribution is 2.19. The summed E-state index contributed by atoms with van der Waals surface area (Å²) >= 11 is 1.01. The zero-order valence-electron chi connectivity index (χ0n) is 6.35. The summed E-state index contributed by atoms with van der Waals surface area (Å²) in [5.74, 6) is 0. The Balaban J connectivity index is 2.93. The van der Waals surface area contributed by atoms with Crippen molar-refractivity contribution in [1.29, 1.82) is 10.5 Å². The van der Waals surface area contributed by atoms with Crippen LogP contribution in [0.3, 0.4) is 0 Å². The molecule has 1 aromatic carbocycles. The largest absolute Gasteiger partial charge is 0.192 e. The van der Waals surface area contributed by atoms with Gasteiger partial charge in [0.15, 0.2) is 0 Å². The average molecular weight is 186 g/mol. The molecule has 1 heterocycles. The van der Waals surface area contributed by atoms with Crippen LogP contribution in [-0.4, -0.2) is 8.75 Å². The van der Waals surface area contributed by atoms with E-state index in [0.717, 1.165) is 11.7 Å². The second kappa shape index (κ2) is 2.81. The van der Waals surface area contributed by atoms with Gasteiger partial charge < -0.3 is 0 Å². The molecule has 60 valence electrons. The van der Waals surface area contributed by atoms with Gasteiger partial charge in [0.2, 0.25) is 0 Å². The maximum Gasteiger partial charge on any atom is 0.123 e. The van der Waals surface area contributed by atoms with Gasteiger partial charge in [0.05, 0.1) is 22.9 Å². The van der Waals surface area contributed by atoms with E-state index in [0.29, 0.717) is 22.2 Å². The van der Waals surface area contributed by atoms with Crippen molar-refractivity contribution < 1.29 is 0 Å². The molecule has 0 unspecified atom stereocenters. The third kappa shape index (κ3) is 1.03. The highest BCUT2D eigenvalue weighted by molar-refractivity contribution is 7.00. The molecule has 0 aliphatic carbocycles. The molecule has 2 aromatic rings. The number of hydrogen-bond acceptors (Lipinski definition) is 5. The lowest BCUT2D eigenvalue weighted by Crippen LogP contribution is -1.82. The van der Waals surface area contributed by atoms with Crippen molar-refractivity contribution in [2.24, 2.45) is 0 Å². The number of rotatable bonds is 0. The van der Waals surface area contributed by atoms with Crippen LogP contribution in [0.1, 0.15) is 11.1 Å². The Bertz CT molecular complexity index is 495. The summed E-state index contributed by atoms with van der Waals surface area (Å²) < 4.78 is 7.91. The summed E-state index contributed by atoms with van der Waals surface area (Å²) in [5, 5.41) is 17.4. The molecule has 13 heavy (non-hydrogen) atoms. The second-order valence-corrected chi connectivity index (χ2v) is 2.87. The van der Waals surface area contributed by atoms with Crippen LogP contribution in [-0.2, 0) is 0 Å². The molecule has 0 bridgehead atoms. The van der Waals surface area contributed by atoms with E-state index in [1.54, 1.807) is 12.1 Å². The number of benzene rings is 1. The quantitative estimate of drug-likeness (QED) is 0.623. The Labute approximate surface area is 78.0 Å². The zero-order valence-corrected chi connectivity index (χ0v) is 7.17. The van der Waals surface area contributed by atoms with Crippen molar-refractivity contribution in [3.05, 3.63) is 23.3 Å². The Hall–Kier alpha value is -1.98. The van der Waals surface area contributed by atoms with Crippen molar-refractivity contribution in [3.63, 3.8) is 0 Å². The fourth-order valence-electron chi connectivity index (χ4n) is 1.05. The number of nitrogens with zero attached hydrogens (tertiary/aromatic N) is 4. The van der Waals surface area contributed by atoms with Crippen LogP contribution in [0.4, 0.5) is 0 Å². The molecular weight excluding hydrogens is 184 g/mol. The topological polar surface area (TPSA) is 73.4 Å². The molecule has 0 spiro atoms. The van der Waals surface area contributed by atoms with E-state index in [4.69, 9.17) is 10.5 Å². The minimum Gasteiger partial charge on any atom is -0.192 e. The number of hydrogen-bond donors (Lipinski definition) is 0. The predicted octanol–water partition coefficient (Wildman–Crippen LogP) is 1.43. The van der Waals surface area contributed by atoms with Gasteiger partial charge in [-0.3, -0.25) is 0 Å². The third-order valence-electron chi connectivity index (χ3n) is 1.66. The summed E-state index contributed by atoms with van der Waals surface area (Å²) in [4.78, 5) is 0. The van der Waals surface area contributed by atoms with Crippen LogP contribution in [0.2, 0.25) is 0 Å². The highest BCUT2D eigenvalue weighted by atomic mass is 32.1. The Kier molecular flexibility index (Phi) is 1.66. The summed E-state index contributed by atoms with van der Waals surface area (Å²) in [5.41, 5.74) is 1.96. The molecule has 0 atom stereocenters. The lowest BCUT2D eigenvalue weighted by molar-refractivity contribution is 1.46. The first kappa shape index (κ1) is 7.66. The van der Waals surface area contributed by atoms with Gasteiger partial charge in [-0.1, -0.05) is 0 Å². The molecule has 0 saturated heterocycles. The van der Waals surface area contributed by atoms with Gasteiger partial charge in [-0.2, -0.15) is 19.3 Å². The molecular formula is C8H2N4S. The van der Waals surface area contributed by atoms with Gasteiger partial charge in [0.25, 0.3) is 0 Å². The van der Waals surface area contributed by atoms with Crippen LogP contribution in [0, 0.1) is 22.7 Å². The van der Waals surface area contributed by atoms with Crippen molar-refractivity contribution >= 4 is 22.8 Å². The summed E-state index contributed by atoms with van der Waals surface area (Å²) in [7, 11) is 0. The monoisotopic (exact) mass is 186 g/mol. The van der Waals surface area contributed by atoms with Crippen LogP contribution >= 0.6 is 11.7 Å². The fourth-order valence-corrected chi connectivity index (χ4v) is 1.62. The number of aromatic nitrogens is 2. The predicted molar refractivity (Wildman–Crippen MR) is 46.8 cm³/mol. The van der Waals surface area contributed by atoms with E-state index in [2.05, 4.69) is 8.75 Å². The molecule has 4 nitrogen and oxygen atoms in total. The molecule has 0 radical (unpaired) electrons. The van der Waals surface area contributed by atoms with Crippen molar-refractivity contribution in [2.45, 2.75) is 0 Å². The van der Waals surface area contributed by atoms with Crippen molar-refractivity contribution in [2.75, 3.05) is 0 Å². The third-order valence-corrected chi connectivity index (χ3v) is 2.18. The van der Waals surface area contributed by atoms with E-state index in [1.807, 2.05) is 12.1 Å². The zero-order chi connectivity index (χ0) is 9.26. The Morgan fingerprint density at radius 2 is 1.46 bits per heavy atom. The maximum atomic E-state index is 8.72. The normalized spacial score (nSPS) is 9.38. The summed E-state index contributed by atoms with van der Waals surface area (Å²) in [6.45, 7) is 0. The Morgan fingerprint density at radius 1 is 1.00 bits per heavy atom.